The molecule has 23 heavy (non-hydrogen) atoms. The molecule has 0 aliphatic carbocycles. The van der Waals surface area contributed by atoms with E-state index >= 15 is 0 Å². The van der Waals surface area contributed by atoms with Gasteiger partial charge in [-0.15, -0.1) is 24.0 Å². The third-order valence-electron chi connectivity index (χ3n) is 3.60. The van der Waals surface area contributed by atoms with E-state index in [1.807, 2.05) is 0 Å². The summed E-state index contributed by atoms with van der Waals surface area (Å²) in [6, 6.07) is 9.20. The molecule has 1 atom stereocenters. The van der Waals surface area contributed by atoms with Gasteiger partial charge in [-0.05, 0) is 36.8 Å². The van der Waals surface area contributed by atoms with Crippen LogP contribution in [-0.2, 0) is 11.2 Å². The summed E-state index contributed by atoms with van der Waals surface area (Å²) in [5, 5.41) is 6.64. The van der Waals surface area contributed by atoms with Crippen molar-refractivity contribution in [3.05, 3.63) is 35.4 Å². The number of benzene rings is 1. The molecule has 5 heteroatoms. The Kier molecular flexibility index (Phi) is 12.1. The van der Waals surface area contributed by atoms with Crippen LogP contribution >= 0.6 is 24.0 Å². The summed E-state index contributed by atoms with van der Waals surface area (Å²) in [5.74, 6) is 1.43. The van der Waals surface area contributed by atoms with Gasteiger partial charge in [-0.2, -0.15) is 0 Å². The highest BCUT2D eigenvalue weighted by Gasteiger charge is 2.04. The molecule has 0 spiro atoms. The molecule has 2 N–H and O–H groups in total. The summed E-state index contributed by atoms with van der Waals surface area (Å²) in [4.78, 5) is 4.22. The van der Waals surface area contributed by atoms with Crippen LogP contribution in [0.3, 0.4) is 0 Å². The van der Waals surface area contributed by atoms with E-state index in [-0.39, 0.29) is 30.0 Å². The molecule has 0 fully saturated rings. The molecule has 4 nitrogen and oxygen atoms in total. The van der Waals surface area contributed by atoms with Crippen molar-refractivity contribution in [2.24, 2.45) is 4.99 Å². The SMILES string of the molecule is CN=C(NCCCc1ccc(C(C)C)cc1)NC(C)COC.I. The van der Waals surface area contributed by atoms with Crippen LogP contribution in [0.1, 0.15) is 44.2 Å². The molecule has 0 aromatic heterocycles. The number of ether oxygens (including phenoxy) is 1. The highest BCUT2D eigenvalue weighted by atomic mass is 127. The van der Waals surface area contributed by atoms with Gasteiger partial charge >= 0.3 is 0 Å². The minimum atomic E-state index is 0. The monoisotopic (exact) mass is 433 g/mol. The lowest BCUT2D eigenvalue weighted by Gasteiger charge is -2.17. The van der Waals surface area contributed by atoms with Crippen LogP contribution in [0.15, 0.2) is 29.3 Å². The summed E-state index contributed by atoms with van der Waals surface area (Å²) in [5.41, 5.74) is 2.79. The largest absolute Gasteiger partial charge is 0.383 e. The fourth-order valence-electron chi connectivity index (χ4n) is 2.29. The number of halogens is 1. The lowest BCUT2D eigenvalue weighted by Crippen LogP contribution is -2.44. The highest BCUT2D eigenvalue weighted by molar-refractivity contribution is 14.0. The molecule has 0 radical (unpaired) electrons. The second-order valence-electron chi connectivity index (χ2n) is 6.00. The van der Waals surface area contributed by atoms with Crippen LogP contribution in [0.5, 0.6) is 0 Å². The summed E-state index contributed by atoms with van der Waals surface area (Å²) >= 11 is 0. The fraction of sp³-hybridized carbons (Fsp3) is 0.611. The van der Waals surface area contributed by atoms with E-state index in [2.05, 4.69) is 60.7 Å². The number of aryl methyl sites for hydroxylation is 1. The van der Waals surface area contributed by atoms with Crippen molar-refractivity contribution < 1.29 is 4.74 Å². The van der Waals surface area contributed by atoms with Gasteiger partial charge in [0, 0.05) is 26.7 Å². The molecular formula is C18H32IN3O. The van der Waals surface area contributed by atoms with Gasteiger partial charge < -0.3 is 15.4 Å². The van der Waals surface area contributed by atoms with Gasteiger partial charge in [-0.1, -0.05) is 38.1 Å². The van der Waals surface area contributed by atoms with Crippen molar-refractivity contribution in [1.82, 2.24) is 10.6 Å². The Morgan fingerprint density at radius 3 is 2.35 bits per heavy atom. The number of aliphatic imine (C=N–C) groups is 1. The first-order valence-corrected chi connectivity index (χ1v) is 8.11. The van der Waals surface area contributed by atoms with Crippen LogP contribution < -0.4 is 10.6 Å². The van der Waals surface area contributed by atoms with Crippen molar-refractivity contribution in [2.45, 2.75) is 45.6 Å². The van der Waals surface area contributed by atoms with Crippen molar-refractivity contribution in [2.75, 3.05) is 27.3 Å². The van der Waals surface area contributed by atoms with Gasteiger partial charge in [-0.3, -0.25) is 4.99 Å². The molecule has 0 amide bonds. The van der Waals surface area contributed by atoms with Crippen molar-refractivity contribution in [1.29, 1.82) is 0 Å². The van der Waals surface area contributed by atoms with E-state index in [1.165, 1.54) is 11.1 Å². The molecule has 0 saturated carbocycles. The average molecular weight is 433 g/mol. The van der Waals surface area contributed by atoms with Gasteiger partial charge in [0.05, 0.1) is 6.61 Å². The summed E-state index contributed by atoms with van der Waals surface area (Å²) in [6.07, 6.45) is 2.16. The molecule has 0 aliphatic heterocycles. The zero-order valence-corrected chi connectivity index (χ0v) is 17.4. The zero-order valence-electron chi connectivity index (χ0n) is 15.1. The summed E-state index contributed by atoms with van der Waals surface area (Å²) in [7, 11) is 3.50. The quantitative estimate of drug-likeness (QED) is 0.285. The third kappa shape index (κ3) is 9.15. The number of hydrogen-bond donors (Lipinski definition) is 2. The minimum absolute atomic E-state index is 0. The Labute approximate surface area is 158 Å². The Bertz CT molecular complexity index is 446. The van der Waals surface area contributed by atoms with Crippen LogP contribution in [0.2, 0.25) is 0 Å². The average Bonchev–Trinajstić information content (AvgIpc) is 2.51. The molecular weight excluding hydrogens is 401 g/mol. The maximum Gasteiger partial charge on any atom is 0.191 e. The number of nitrogens with zero attached hydrogens (tertiary/aromatic N) is 1. The standard InChI is InChI=1S/C18H31N3O.HI/c1-14(2)17-10-8-16(9-11-17)7-6-12-20-18(19-4)21-15(3)13-22-5;/h8-11,14-15H,6-7,12-13H2,1-5H3,(H2,19,20,21);1H. The minimum Gasteiger partial charge on any atom is -0.383 e. The first-order chi connectivity index (χ1) is 10.6. The normalized spacial score (nSPS) is 12.7. The first kappa shape index (κ1) is 22.2. The highest BCUT2D eigenvalue weighted by Crippen LogP contribution is 2.15. The van der Waals surface area contributed by atoms with Crippen molar-refractivity contribution >= 4 is 29.9 Å². The van der Waals surface area contributed by atoms with Gasteiger partial charge in [0.25, 0.3) is 0 Å². The van der Waals surface area contributed by atoms with Crippen LogP contribution in [-0.4, -0.2) is 39.3 Å². The molecule has 1 rings (SSSR count). The molecule has 0 heterocycles. The van der Waals surface area contributed by atoms with Crippen molar-refractivity contribution in [3.8, 4) is 0 Å². The number of nitrogens with one attached hydrogen (secondary N) is 2. The number of methoxy groups -OCH3 is 1. The fourth-order valence-corrected chi connectivity index (χ4v) is 2.29. The predicted molar refractivity (Wildman–Crippen MR) is 110 cm³/mol. The Hall–Kier alpha value is -0.820. The Morgan fingerprint density at radius 2 is 1.83 bits per heavy atom. The number of guanidine groups is 1. The van der Waals surface area contributed by atoms with Gasteiger partial charge in [0.2, 0.25) is 0 Å². The summed E-state index contributed by atoms with van der Waals surface area (Å²) in [6.45, 7) is 8.10. The summed E-state index contributed by atoms with van der Waals surface area (Å²) < 4.78 is 5.11. The Morgan fingerprint density at radius 1 is 1.17 bits per heavy atom. The second-order valence-corrected chi connectivity index (χ2v) is 6.00. The number of rotatable bonds is 8. The second kappa shape index (κ2) is 12.6. The van der Waals surface area contributed by atoms with Gasteiger partial charge in [0.15, 0.2) is 5.96 Å². The van der Waals surface area contributed by atoms with E-state index in [0.717, 1.165) is 25.3 Å². The topological polar surface area (TPSA) is 45.7 Å². The lowest BCUT2D eigenvalue weighted by atomic mass is 10.0. The molecule has 0 bridgehead atoms. The maximum absolute atomic E-state index is 5.11. The Balaban J connectivity index is 0.00000484. The van der Waals surface area contributed by atoms with E-state index in [1.54, 1.807) is 14.2 Å². The molecule has 1 unspecified atom stereocenters. The van der Waals surface area contributed by atoms with Crippen LogP contribution in [0, 0.1) is 0 Å². The molecule has 0 aliphatic rings. The van der Waals surface area contributed by atoms with Crippen molar-refractivity contribution in [3.63, 3.8) is 0 Å². The number of hydrogen-bond acceptors (Lipinski definition) is 2. The smallest absolute Gasteiger partial charge is 0.191 e. The molecule has 1 aromatic rings. The van der Waals surface area contributed by atoms with E-state index in [9.17, 15) is 0 Å². The molecule has 1 aromatic carbocycles. The van der Waals surface area contributed by atoms with Crippen LogP contribution in [0.4, 0.5) is 0 Å². The molecule has 132 valence electrons. The zero-order chi connectivity index (χ0) is 16.4. The van der Waals surface area contributed by atoms with Gasteiger partial charge in [-0.25, -0.2) is 0 Å². The van der Waals surface area contributed by atoms with Crippen LogP contribution in [0.25, 0.3) is 0 Å². The van der Waals surface area contributed by atoms with Gasteiger partial charge in [0.1, 0.15) is 0 Å². The van der Waals surface area contributed by atoms with E-state index in [4.69, 9.17) is 4.74 Å². The predicted octanol–water partition coefficient (Wildman–Crippen LogP) is 3.56. The third-order valence-corrected chi connectivity index (χ3v) is 3.60. The maximum atomic E-state index is 5.11. The van der Waals surface area contributed by atoms with E-state index in [0.29, 0.717) is 12.5 Å². The first-order valence-electron chi connectivity index (χ1n) is 8.11. The van der Waals surface area contributed by atoms with E-state index < -0.39 is 0 Å². The lowest BCUT2D eigenvalue weighted by molar-refractivity contribution is 0.179. The molecule has 0 saturated heterocycles.